The molecule has 0 amide bonds. The minimum Gasteiger partial charge on any atom is -0.112 e. The lowest BCUT2D eigenvalue weighted by Gasteiger charge is -2.39. The highest BCUT2D eigenvalue weighted by atomic mass is 14.3. The molecule has 328 valence electrons. The van der Waals surface area contributed by atoms with Crippen LogP contribution in [0.25, 0.3) is 65.3 Å². The van der Waals surface area contributed by atoms with Gasteiger partial charge in [0.2, 0.25) is 0 Å². The van der Waals surface area contributed by atoms with Gasteiger partial charge < -0.3 is 0 Å². The Morgan fingerprint density at radius 2 is 0.554 bits per heavy atom. The van der Waals surface area contributed by atoms with Crippen LogP contribution in [0, 0.1) is 125 Å². The van der Waals surface area contributed by atoms with Crippen LogP contribution in [0.2, 0.25) is 0 Å². The zero-order chi connectivity index (χ0) is 55.7. The zero-order valence-electron chi connectivity index (χ0n) is 47.7. The SMILES string of the molecule is [B][B]B(B([B])[B])c1c(B(B([B])[B])B([B])[B])c(C)c2c(C)c(C)c(-c3c(C)c(C)c(C)c4c(C)c5c(-c6c(C)c(C)c(C)c7c(C)c(C)c(C)c(C)c67)c(C)c(C)c(C)c5c(C)c34)c(B([B])[B][B])c2c1B([B])B([B])[B]. The smallest absolute Gasteiger partial charge is 0.0821 e. The number of fused-ring (bicyclic) bond motifs is 4. The van der Waals surface area contributed by atoms with E-state index in [0.29, 0.717) is 16.4 Å². The summed E-state index contributed by atoms with van der Waals surface area (Å²) in [6.07, 6.45) is -4.10. The highest BCUT2D eigenvalue weighted by Crippen LogP contribution is 2.52. The lowest BCUT2D eigenvalue weighted by atomic mass is 8.70. The van der Waals surface area contributed by atoms with Crippen molar-refractivity contribution in [3.63, 3.8) is 0 Å². The normalized spacial score (nSPS) is 11.5. The van der Waals surface area contributed by atoms with Crippen molar-refractivity contribution in [1.82, 2.24) is 0 Å². The number of hydrogen-bond donors (Lipinski definition) is 0. The van der Waals surface area contributed by atoms with E-state index >= 15 is 0 Å². The largest absolute Gasteiger partial charge is 0.112 e. The number of aryl methyl sites for hydroxylation is 9. The van der Waals surface area contributed by atoms with Crippen molar-refractivity contribution >= 4 is 223 Å². The second kappa shape index (κ2) is 21.3. The summed E-state index contributed by atoms with van der Waals surface area (Å²) in [4.78, 5) is 0. The molecule has 0 aliphatic rings. The number of hydrogen-bond acceptors (Lipinski definition) is 0. The first kappa shape index (κ1) is 58.7. The van der Waals surface area contributed by atoms with E-state index in [1.54, 1.807) is 0 Å². The van der Waals surface area contributed by atoms with Crippen LogP contribution in [0.3, 0.4) is 0 Å². The lowest BCUT2D eigenvalue weighted by Crippen LogP contribution is -2.74. The second-order valence-electron chi connectivity index (χ2n) is 22.2. The summed E-state index contributed by atoms with van der Waals surface area (Å²) in [5.41, 5.74) is 28.9. The number of benzene rings is 7. The summed E-state index contributed by atoms with van der Waals surface area (Å²) < 4.78 is 0. The molecule has 0 heterocycles. The van der Waals surface area contributed by atoms with Gasteiger partial charge in [-0.3, -0.25) is 0 Å². The highest BCUT2D eigenvalue weighted by Gasteiger charge is 2.39. The fourth-order valence-corrected chi connectivity index (χ4v) is 13.7. The summed E-state index contributed by atoms with van der Waals surface area (Å²) in [7, 11) is 84.2. The van der Waals surface area contributed by atoms with Crippen molar-refractivity contribution in [1.29, 1.82) is 0 Å². The topological polar surface area (TPSA) is 0 Å². The van der Waals surface area contributed by atoms with E-state index in [9.17, 15) is 0 Å². The molecule has 0 N–H and O–H groups in total. The molecule has 7 rings (SSSR count). The van der Waals surface area contributed by atoms with E-state index in [1.807, 2.05) is 6.92 Å². The molecule has 74 heavy (non-hydrogen) atoms. The van der Waals surface area contributed by atoms with Crippen LogP contribution < -0.4 is 21.9 Å². The Morgan fingerprint density at radius 3 is 0.905 bits per heavy atom. The molecule has 0 spiro atoms. The van der Waals surface area contributed by atoms with Gasteiger partial charge in [0.15, 0.2) is 0 Å². The monoisotopic (exact) mass is 921 g/mol. The Morgan fingerprint density at radius 1 is 0.243 bits per heavy atom. The van der Waals surface area contributed by atoms with Gasteiger partial charge in [0.1, 0.15) is 0 Å². The molecule has 0 aliphatic heterocycles. The predicted molar refractivity (Wildman–Crippen MR) is 358 cm³/mol. The first-order valence-electron chi connectivity index (χ1n) is 26.2. The third kappa shape index (κ3) is 8.57. The van der Waals surface area contributed by atoms with E-state index < -0.39 is 51.5 Å². The first-order valence-corrected chi connectivity index (χ1v) is 26.2. The Labute approximate surface area is 467 Å². The number of rotatable bonds is 12. The van der Waals surface area contributed by atoms with Crippen LogP contribution >= 0.6 is 0 Å². The first-order chi connectivity index (χ1) is 34.4. The molecule has 7 aromatic carbocycles. The molecule has 0 aliphatic carbocycles. The van der Waals surface area contributed by atoms with Gasteiger partial charge in [0.05, 0.1) is 26.0 Å². The van der Waals surface area contributed by atoms with Crippen LogP contribution in [0.1, 0.15) is 100 Å². The molecule has 0 saturated carbocycles. The highest BCUT2D eigenvalue weighted by molar-refractivity contribution is 7.85. The van der Waals surface area contributed by atoms with Gasteiger partial charge in [0, 0.05) is 133 Å². The van der Waals surface area contributed by atoms with E-state index in [2.05, 4.69) is 118 Å². The summed E-state index contributed by atoms with van der Waals surface area (Å²) in [6, 6.07) is 0. The third-order valence-electron chi connectivity index (χ3n) is 18.7. The molecule has 22 heteroatoms. The molecular weight excluding hydrogens is 862 g/mol. The van der Waals surface area contributed by atoms with Gasteiger partial charge >= 0.3 is 0 Å². The van der Waals surface area contributed by atoms with Crippen molar-refractivity contribution in [3.05, 3.63) is 100 Å². The molecule has 0 unspecified atom stereocenters. The van der Waals surface area contributed by atoms with Crippen LogP contribution in [-0.2, 0) is 0 Å². The Balaban J connectivity index is 1.86. The molecule has 0 saturated heterocycles. The maximum atomic E-state index is 7.47. The molecule has 0 bridgehead atoms. The van der Waals surface area contributed by atoms with Gasteiger partial charge in [-0.1, -0.05) is 16.5 Å². The van der Waals surface area contributed by atoms with Crippen molar-refractivity contribution in [2.24, 2.45) is 0 Å². The molecular formula is C52H54B22. The predicted octanol–water partition coefficient (Wildman–Crippen LogP) is 3.51. The van der Waals surface area contributed by atoms with Gasteiger partial charge in [-0.15, -0.1) is 10.9 Å². The minimum absolute atomic E-state index is 0.550. The van der Waals surface area contributed by atoms with Crippen molar-refractivity contribution < 1.29 is 0 Å². The third-order valence-corrected chi connectivity index (χ3v) is 18.7. The summed E-state index contributed by atoms with van der Waals surface area (Å²) in [6.45, 7) is 37.1. The average molecular weight is 917 g/mol. The summed E-state index contributed by atoms with van der Waals surface area (Å²) in [5, 5.41) is 9.14. The fourth-order valence-electron chi connectivity index (χ4n) is 13.7. The molecule has 26 radical (unpaired) electrons. The van der Waals surface area contributed by atoms with Crippen LogP contribution in [-0.4, -0.2) is 158 Å². The quantitative estimate of drug-likeness (QED) is 0.130. The van der Waals surface area contributed by atoms with E-state index in [-0.39, 0.29) is 0 Å². The summed E-state index contributed by atoms with van der Waals surface area (Å²) in [5.74, 6) is 0. The van der Waals surface area contributed by atoms with Gasteiger partial charge in [-0.05, 0) is 285 Å². The Hall–Kier alpha value is -2.99. The molecule has 0 fully saturated rings. The Kier molecular flexibility index (Phi) is 16.9. The van der Waals surface area contributed by atoms with Crippen LogP contribution in [0.5, 0.6) is 0 Å². The average Bonchev–Trinajstić information content (AvgIpc) is 3.33. The van der Waals surface area contributed by atoms with Gasteiger partial charge in [0.25, 0.3) is 0 Å². The minimum atomic E-state index is -1.07. The van der Waals surface area contributed by atoms with Gasteiger partial charge in [-0.2, -0.15) is 0 Å². The van der Waals surface area contributed by atoms with Crippen molar-refractivity contribution in [2.45, 2.75) is 125 Å². The van der Waals surface area contributed by atoms with Crippen molar-refractivity contribution in [2.75, 3.05) is 0 Å². The van der Waals surface area contributed by atoms with E-state index in [1.165, 1.54) is 130 Å². The molecule has 0 nitrogen and oxygen atoms in total. The van der Waals surface area contributed by atoms with Crippen LogP contribution in [0.4, 0.5) is 0 Å². The van der Waals surface area contributed by atoms with E-state index in [0.717, 1.165) is 55.0 Å². The zero-order valence-corrected chi connectivity index (χ0v) is 47.7. The molecule has 7 aromatic rings. The van der Waals surface area contributed by atoms with Crippen LogP contribution in [0.15, 0.2) is 0 Å². The fraction of sp³-hybridized carbons (Fsp3) is 0.346. The maximum Gasteiger partial charge on any atom is 0.0821 e. The van der Waals surface area contributed by atoms with Gasteiger partial charge in [-0.25, -0.2) is 0 Å². The summed E-state index contributed by atoms with van der Waals surface area (Å²) >= 11 is 0. The molecule has 0 aromatic heterocycles. The lowest BCUT2D eigenvalue weighted by molar-refractivity contribution is 1.22. The second-order valence-corrected chi connectivity index (χ2v) is 22.2. The molecule has 0 atom stereocenters. The van der Waals surface area contributed by atoms with Crippen molar-refractivity contribution in [3.8, 4) is 22.3 Å². The Bertz CT molecular complexity index is 3510. The maximum absolute atomic E-state index is 7.47. The van der Waals surface area contributed by atoms with E-state index in [4.69, 9.17) is 92.8 Å². The standard InChI is InChI=1S/C52H54B22/c1-19-20(2)28(10)41-37(24(19)6)25(7)21(3)29(11)42(41)43-30(12)22(4)26(8)38-35(17)46-39(34(16)45(38)43)27(9)23(5)31(13)44(46)47-33(15)32(14)40-36(18)49(70(73(61)62)74(63)64)52(69(66-54)72(59)60)51(68(56)71(57)58)48(40)50(47)67(55)65-53/h1-18H3.